The number of hydrogen-bond donors (Lipinski definition) is 5. The summed E-state index contributed by atoms with van der Waals surface area (Å²) in [6.45, 7) is -0.350. The second-order valence-electron chi connectivity index (χ2n) is 8.00. The number of benzene rings is 2. The van der Waals surface area contributed by atoms with Crippen molar-refractivity contribution in [3.63, 3.8) is 0 Å². The number of amides is 3. The first kappa shape index (κ1) is 27.9. The van der Waals surface area contributed by atoms with Gasteiger partial charge in [0.1, 0.15) is 12.1 Å². The van der Waals surface area contributed by atoms with Crippen LogP contribution in [-0.4, -0.2) is 65.5 Å². The van der Waals surface area contributed by atoms with Crippen LogP contribution in [0, 0.1) is 0 Å². The highest BCUT2D eigenvalue weighted by molar-refractivity contribution is 7.98. The number of carbonyl (C=O) groups is 4. The van der Waals surface area contributed by atoms with E-state index < -0.39 is 41.8 Å². The van der Waals surface area contributed by atoms with Crippen molar-refractivity contribution in [2.24, 2.45) is 5.73 Å². The monoisotopic (exact) mass is 500 g/mol. The molecular formula is C25H32N4O5S. The maximum absolute atomic E-state index is 12.8. The van der Waals surface area contributed by atoms with Crippen molar-refractivity contribution in [1.82, 2.24) is 16.0 Å². The summed E-state index contributed by atoms with van der Waals surface area (Å²) < 4.78 is 0. The zero-order chi connectivity index (χ0) is 25.6. The fraction of sp³-hybridized carbons (Fsp3) is 0.360. The molecule has 0 bridgehead atoms. The molecular weight excluding hydrogens is 468 g/mol. The molecule has 0 aliphatic heterocycles. The standard InChI is InChI=1S/C25H32N4O5S/c1-35-13-12-20(24(32)29-21(25(33)34)15-18-10-6-3-7-11-18)28-22(30)16-27-23(31)19(26)14-17-8-4-2-5-9-17/h2-11,19-21H,12-16,26H2,1H3,(H,27,31)(H,28,30)(H,29,32)(H,33,34). The van der Waals surface area contributed by atoms with Crippen LogP contribution in [0.2, 0.25) is 0 Å². The minimum atomic E-state index is -1.17. The molecule has 0 fully saturated rings. The molecule has 6 N–H and O–H groups in total. The third kappa shape index (κ3) is 10.2. The Morgan fingerprint density at radius 1 is 0.857 bits per heavy atom. The van der Waals surface area contributed by atoms with E-state index in [1.54, 1.807) is 24.3 Å². The van der Waals surface area contributed by atoms with Gasteiger partial charge >= 0.3 is 5.97 Å². The van der Waals surface area contributed by atoms with E-state index >= 15 is 0 Å². The molecule has 2 rings (SSSR count). The first-order chi connectivity index (χ1) is 16.8. The van der Waals surface area contributed by atoms with Gasteiger partial charge in [-0.2, -0.15) is 11.8 Å². The van der Waals surface area contributed by atoms with Gasteiger partial charge in [-0.05, 0) is 36.0 Å². The SMILES string of the molecule is CSCCC(NC(=O)CNC(=O)C(N)Cc1ccccc1)C(=O)NC(Cc1ccccc1)C(=O)O. The Balaban J connectivity index is 1.91. The smallest absolute Gasteiger partial charge is 0.326 e. The summed E-state index contributed by atoms with van der Waals surface area (Å²) >= 11 is 1.49. The van der Waals surface area contributed by atoms with E-state index in [1.807, 2.05) is 42.7 Å². The van der Waals surface area contributed by atoms with E-state index in [2.05, 4.69) is 16.0 Å². The highest BCUT2D eigenvalue weighted by atomic mass is 32.2. The van der Waals surface area contributed by atoms with E-state index in [0.29, 0.717) is 18.6 Å². The normalized spacial score (nSPS) is 13.2. The Labute approximate surface area is 209 Å². The second kappa shape index (κ2) is 14.8. The van der Waals surface area contributed by atoms with E-state index in [-0.39, 0.29) is 13.0 Å². The van der Waals surface area contributed by atoms with Crippen LogP contribution in [0.5, 0.6) is 0 Å². The number of rotatable bonds is 14. The molecule has 0 saturated carbocycles. The van der Waals surface area contributed by atoms with Crippen LogP contribution in [0.4, 0.5) is 0 Å². The van der Waals surface area contributed by atoms with Crippen LogP contribution in [0.1, 0.15) is 17.5 Å². The molecule has 0 aromatic heterocycles. The summed E-state index contributed by atoms with van der Waals surface area (Å²) in [5, 5.41) is 17.2. The first-order valence-corrected chi connectivity index (χ1v) is 12.6. The van der Waals surface area contributed by atoms with Gasteiger partial charge in [0.05, 0.1) is 12.6 Å². The molecule has 0 aliphatic rings. The van der Waals surface area contributed by atoms with Crippen LogP contribution in [0.3, 0.4) is 0 Å². The molecule has 0 spiro atoms. The molecule has 9 nitrogen and oxygen atoms in total. The van der Waals surface area contributed by atoms with Crippen molar-refractivity contribution < 1.29 is 24.3 Å². The molecule has 188 valence electrons. The number of nitrogens with one attached hydrogen (secondary N) is 3. The van der Waals surface area contributed by atoms with Crippen LogP contribution in [0.15, 0.2) is 60.7 Å². The largest absolute Gasteiger partial charge is 0.480 e. The highest BCUT2D eigenvalue weighted by Gasteiger charge is 2.27. The summed E-state index contributed by atoms with van der Waals surface area (Å²) in [7, 11) is 0. The second-order valence-corrected chi connectivity index (χ2v) is 8.99. The lowest BCUT2D eigenvalue weighted by Crippen LogP contribution is -2.54. The van der Waals surface area contributed by atoms with Gasteiger partial charge < -0.3 is 26.8 Å². The highest BCUT2D eigenvalue weighted by Crippen LogP contribution is 2.06. The molecule has 3 amide bonds. The fourth-order valence-electron chi connectivity index (χ4n) is 3.33. The third-order valence-corrected chi connectivity index (χ3v) is 5.86. The van der Waals surface area contributed by atoms with E-state index in [0.717, 1.165) is 11.1 Å². The lowest BCUT2D eigenvalue weighted by molar-refractivity contribution is -0.142. The average molecular weight is 501 g/mol. The van der Waals surface area contributed by atoms with Crippen molar-refractivity contribution in [3.05, 3.63) is 71.8 Å². The number of carboxylic acid groups (broad SMARTS) is 1. The topological polar surface area (TPSA) is 151 Å². The number of nitrogens with two attached hydrogens (primary N) is 1. The van der Waals surface area contributed by atoms with E-state index in [1.165, 1.54) is 11.8 Å². The zero-order valence-corrected chi connectivity index (χ0v) is 20.4. The molecule has 0 aliphatic carbocycles. The molecule has 35 heavy (non-hydrogen) atoms. The van der Waals surface area contributed by atoms with Crippen molar-refractivity contribution in [2.45, 2.75) is 37.4 Å². The van der Waals surface area contributed by atoms with Crippen LogP contribution >= 0.6 is 11.8 Å². The number of carbonyl (C=O) groups excluding carboxylic acids is 3. The molecule has 10 heteroatoms. The number of thioether (sulfide) groups is 1. The summed E-state index contributed by atoms with van der Waals surface area (Å²) in [5.41, 5.74) is 7.59. The molecule has 0 saturated heterocycles. The molecule has 3 atom stereocenters. The first-order valence-electron chi connectivity index (χ1n) is 11.2. The quantitative estimate of drug-likeness (QED) is 0.256. The molecule has 2 aromatic rings. The van der Waals surface area contributed by atoms with Gasteiger partial charge in [-0.1, -0.05) is 60.7 Å². The van der Waals surface area contributed by atoms with Crippen molar-refractivity contribution in [1.29, 1.82) is 0 Å². The molecule has 2 aromatic carbocycles. The summed E-state index contributed by atoms with van der Waals surface area (Å²) in [5.74, 6) is -2.24. The maximum atomic E-state index is 12.8. The average Bonchev–Trinajstić information content (AvgIpc) is 2.85. The predicted octanol–water partition coefficient (Wildman–Crippen LogP) is 0.723. The number of hydrogen-bond acceptors (Lipinski definition) is 6. The number of carboxylic acids is 1. The minimum Gasteiger partial charge on any atom is -0.480 e. The van der Waals surface area contributed by atoms with Gasteiger partial charge in [0.2, 0.25) is 17.7 Å². The summed E-state index contributed by atoms with van der Waals surface area (Å²) in [6, 6.07) is 15.3. The van der Waals surface area contributed by atoms with E-state index in [9.17, 15) is 24.3 Å². The molecule has 0 radical (unpaired) electrons. The third-order valence-electron chi connectivity index (χ3n) is 5.22. The van der Waals surface area contributed by atoms with Gasteiger partial charge in [0.15, 0.2) is 0 Å². The van der Waals surface area contributed by atoms with Crippen molar-refractivity contribution in [2.75, 3.05) is 18.6 Å². The molecule has 0 heterocycles. The van der Waals surface area contributed by atoms with Crippen LogP contribution in [0.25, 0.3) is 0 Å². The number of aliphatic carboxylic acids is 1. The summed E-state index contributed by atoms with van der Waals surface area (Å²) in [6.07, 6.45) is 2.60. The van der Waals surface area contributed by atoms with Crippen LogP contribution < -0.4 is 21.7 Å². The Hall–Kier alpha value is -3.37. The Bertz CT molecular complexity index is 974. The van der Waals surface area contributed by atoms with Gasteiger partial charge in [-0.3, -0.25) is 14.4 Å². The van der Waals surface area contributed by atoms with Crippen molar-refractivity contribution >= 4 is 35.5 Å². The van der Waals surface area contributed by atoms with E-state index in [4.69, 9.17) is 5.73 Å². The lowest BCUT2D eigenvalue weighted by Gasteiger charge is -2.22. The van der Waals surface area contributed by atoms with Gasteiger partial charge in [-0.25, -0.2) is 4.79 Å². The van der Waals surface area contributed by atoms with Gasteiger partial charge in [-0.15, -0.1) is 0 Å². The minimum absolute atomic E-state index is 0.112. The predicted molar refractivity (Wildman–Crippen MR) is 136 cm³/mol. The Morgan fingerprint density at radius 3 is 1.97 bits per heavy atom. The van der Waals surface area contributed by atoms with Crippen LogP contribution in [-0.2, 0) is 32.0 Å². The van der Waals surface area contributed by atoms with Crippen molar-refractivity contribution in [3.8, 4) is 0 Å². The fourth-order valence-corrected chi connectivity index (χ4v) is 3.80. The van der Waals surface area contributed by atoms with Gasteiger partial charge in [0, 0.05) is 6.42 Å². The van der Waals surface area contributed by atoms with Gasteiger partial charge in [0.25, 0.3) is 0 Å². The zero-order valence-electron chi connectivity index (χ0n) is 19.6. The lowest BCUT2D eigenvalue weighted by atomic mass is 10.1. The maximum Gasteiger partial charge on any atom is 0.326 e. The molecule has 3 unspecified atom stereocenters. The Morgan fingerprint density at radius 2 is 1.43 bits per heavy atom. The Kier molecular flexibility index (Phi) is 11.8. The summed E-state index contributed by atoms with van der Waals surface area (Å²) in [4.78, 5) is 49.3.